The number of hydrogen-bond acceptors (Lipinski definition) is 2. The SMILES string of the molecule is O=C(CCNCCc1ccccc1)NCCc1ccccc1F. The van der Waals surface area contributed by atoms with Crippen molar-refractivity contribution in [1.82, 2.24) is 10.6 Å². The largest absolute Gasteiger partial charge is 0.356 e. The van der Waals surface area contributed by atoms with Crippen molar-refractivity contribution in [1.29, 1.82) is 0 Å². The monoisotopic (exact) mass is 314 g/mol. The molecular formula is C19H23FN2O. The molecule has 0 spiro atoms. The molecule has 0 aromatic heterocycles. The number of carbonyl (C=O) groups is 1. The molecule has 1 amide bonds. The van der Waals surface area contributed by atoms with E-state index in [1.54, 1.807) is 18.2 Å². The minimum atomic E-state index is -0.218. The van der Waals surface area contributed by atoms with Gasteiger partial charge in [-0.3, -0.25) is 4.79 Å². The van der Waals surface area contributed by atoms with Crippen molar-refractivity contribution in [2.75, 3.05) is 19.6 Å². The predicted octanol–water partition coefficient (Wildman–Crippen LogP) is 2.71. The first-order valence-electron chi connectivity index (χ1n) is 8.00. The number of halogens is 1. The molecule has 0 heterocycles. The third-order valence-electron chi connectivity index (χ3n) is 3.64. The quantitative estimate of drug-likeness (QED) is 0.699. The molecule has 0 bridgehead atoms. The van der Waals surface area contributed by atoms with Crippen LogP contribution in [-0.2, 0) is 17.6 Å². The summed E-state index contributed by atoms with van der Waals surface area (Å²) in [6, 6.07) is 16.9. The molecule has 2 N–H and O–H groups in total. The fourth-order valence-electron chi connectivity index (χ4n) is 2.33. The van der Waals surface area contributed by atoms with Gasteiger partial charge in [0.15, 0.2) is 0 Å². The number of rotatable bonds is 9. The highest BCUT2D eigenvalue weighted by Gasteiger charge is 2.03. The Labute approximate surface area is 136 Å². The van der Waals surface area contributed by atoms with Gasteiger partial charge in [0.25, 0.3) is 0 Å². The molecule has 0 fully saturated rings. The Hall–Kier alpha value is -2.20. The van der Waals surface area contributed by atoms with Crippen molar-refractivity contribution in [3.8, 4) is 0 Å². The van der Waals surface area contributed by atoms with E-state index < -0.39 is 0 Å². The summed E-state index contributed by atoms with van der Waals surface area (Å²) in [5, 5.41) is 6.08. The van der Waals surface area contributed by atoms with Gasteiger partial charge < -0.3 is 10.6 Å². The highest BCUT2D eigenvalue weighted by molar-refractivity contribution is 5.76. The van der Waals surface area contributed by atoms with Gasteiger partial charge in [-0.1, -0.05) is 48.5 Å². The maximum Gasteiger partial charge on any atom is 0.221 e. The molecule has 2 rings (SSSR count). The van der Waals surface area contributed by atoms with E-state index in [1.807, 2.05) is 18.2 Å². The van der Waals surface area contributed by atoms with E-state index in [0.717, 1.165) is 13.0 Å². The second-order valence-electron chi connectivity index (χ2n) is 5.43. The van der Waals surface area contributed by atoms with Gasteiger partial charge in [0.2, 0.25) is 5.91 Å². The molecule has 4 heteroatoms. The second-order valence-corrected chi connectivity index (χ2v) is 5.43. The minimum absolute atomic E-state index is 0.00597. The van der Waals surface area contributed by atoms with Crippen molar-refractivity contribution in [2.24, 2.45) is 0 Å². The maximum absolute atomic E-state index is 13.4. The fourth-order valence-corrected chi connectivity index (χ4v) is 2.33. The highest BCUT2D eigenvalue weighted by Crippen LogP contribution is 2.06. The van der Waals surface area contributed by atoms with Crippen LogP contribution in [0.15, 0.2) is 54.6 Å². The molecule has 0 radical (unpaired) electrons. The molecule has 0 atom stereocenters. The van der Waals surface area contributed by atoms with Crippen LogP contribution < -0.4 is 10.6 Å². The summed E-state index contributed by atoms with van der Waals surface area (Å²) in [7, 11) is 0. The number of nitrogens with one attached hydrogen (secondary N) is 2. The Morgan fingerprint density at radius 3 is 2.39 bits per heavy atom. The van der Waals surface area contributed by atoms with Crippen molar-refractivity contribution < 1.29 is 9.18 Å². The average molecular weight is 314 g/mol. The Balaban J connectivity index is 1.53. The van der Waals surface area contributed by atoms with Crippen LogP contribution >= 0.6 is 0 Å². The summed E-state index contributed by atoms with van der Waals surface area (Å²) in [5.41, 5.74) is 1.92. The molecule has 0 saturated carbocycles. The Bertz CT molecular complexity index is 601. The third-order valence-corrected chi connectivity index (χ3v) is 3.64. The van der Waals surface area contributed by atoms with Crippen LogP contribution in [0.1, 0.15) is 17.5 Å². The van der Waals surface area contributed by atoms with Gasteiger partial charge in [0.05, 0.1) is 0 Å². The summed E-state index contributed by atoms with van der Waals surface area (Å²) in [6.45, 7) is 1.97. The minimum Gasteiger partial charge on any atom is -0.356 e. The first-order chi connectivity index (χ1) is 11.3. The summed E-state index contributed by atoms with van der Waals surface area (Å²) in [6.07, 6.45) is 1.90. The topological polar surface area (TPSA) is 41.1 Å². The number of amides is 1. The number of benzene rings is 2. The van der Waals surface area contributed by atoms with Gasteiger partial charge in [-0.2, -0.15) is 0 Å². The van der Waals surface area contributed by atoms with E-state index in [4.69, 9.17) is 0 Å². The maximum atomic E-state index is 13.4. The Morgan fingerprint density at radius 1 is 0.870 bits per heavy atom. The summed E-state index contributed by atoms with van der Waals surface area (Å²) in [4.78, 5) is 11.7. The molecule has 0 aliphatic carbocycles. The van der Waals surface area contributed by atoms with E-state index in [2.05, 4.69) is 22.8 Å². The standard InChI is InChI=1S/C19H23FN2O/c20-18-9-5-4-8-17(18)11-15-22-19(23)12-14-21-13-10-16-6-2-1-3-7-16/h1-9,21H,10-15H2,(H,22,23). The normalized spacial score (nSPS) is 10.5. The van der Waals surface area contributed by atoms with Gasteiger partial charge in [-0.25, -0.2) is 4.39 Å². The molecule has 2 aromatic carbocycles. The Kier molecular flexibility index (Phi) is 7.27. The van der Waals surface area contributed by atoms with Crippen LogP contribution in [0, 0.1) is 5.82 Å². The summed E-state index contributed by atoms with van der Waals surface area (Å²) >= 11 is 0. The van der Waals surface area contributed by atoms with Gasteiger partial charge in [-0.05, 0) is 36.6 Å². The van der Waals surface area contributed by atoms with Crippen molar-refractivity contribution in [3.63, 3.8) is 0 Å². The van der Waals surface area contributed by atoms with Crippen LogP contribution in [-0.4, -0.2) is 25.5 Å². The smallest absolute Gasteiger partial charge is 0.221 e. The van der Waals surface area contributed by atoms with Gasteiger partial charge >= 0.3 is 0 Å². The van der Waals surface area contributed by atoms with Crippen LogP contribution in [0.4, 0.5) is 4.39 Å². The summed E-state index contributed by atoms with van der Waals surface area (Å²) < 4.78 is 13.4. The lowest BCUT2D eigenvalue weighted by atomic mass is 10.1. The van der Waals surface area contributed by atoms with E-state index in [1.165, 1.54) is 11.6 Å². The molecule has 0 aliphatic heterocycles. The molecule has 2 aromatic rings. The second kappa shape index (κ2) is 9.74. The van der Waals surface area contributed by atoms with Crippen molar-refractivity contribution in [3.05, 3.63) is 71.5 Å². The lowest BCUT2D eigenvalue weighted by Crippen LogP contribution is -2.30. The summed E-state index contributed by atoms with van der Waals surface area (Å²) in [5.74, 6) is -0.224. The number of carbonyl (C=O) groups excluding carboxylic acids is 1. The van der Waals surface area contributed by atoms with Gasteiger partial charge in [-0.15, -0.1) is 0 Å². The van der Waals surface area contributed by atoms with E-state index in [9.17, 15) is 9.18 Å². The van der Waals surface area contributed by atoms with Crippen molar-refractivity contribution >= 4 is 5.91 Å². The molecule has 23 heavy (non-hydrogen) atoms. The van der Waals surface area contributed by atoms with Crippen LogP contribution in [0.3, 0.4) is 0 Å². The zero-order valence-electron chi connectivity index (χ0n) is 13.2. The zero-order chi connectivity index (χ0) is 16.3. The van der Waals surface area contributed by atoms with Crippen molar-refractivity contribution in [2.45, 2.75) is 19.3 Å². The van der Waals surface area contributed by atoms with Gasteiger partial charge in [0.1, 0.15) is 5.82 Å². The Morgan fingerprint density at radius 2 is 1.61 bits per heavy atom. The van der Waals surface area contributed by atoms with E-state index in [0.29, 0.717) is 31.5 Å². The molecule has 0 aliphatic rings. The first kappa shape index (κ1) is 17.2. The van der Waals surface area contributed by atoms with Gasteiger partial charge in [0, 0.05) is 19.5 Å². The lowest BCUT2D eigenvalue weighted by molar-refractivity contribution is -0.120. The van der Waals surface area contributed by atoms with E-state index >= 15 is 0 Å². The highest BCUT2D eigenvalue weighted by atomic mass is 19.1. The third kappa shape index (κ3) is 6.61. The van der Waals surface area contributed by atoms with Crippen LogP contribution in [0.5, 0.6) is 0 Å². The molecule has 3 nitrogen and oxygen atoms in total. The van der Waals surface area contributed by atoms with E-state index in [-0.39, 0.29) is 11.7 Å². The zero-order valence-corrected chi connectivity index (χ0v) is 13.2. The average Bonchev–Trinajstić information content (AvgIpc) is 2.57. The molecule has 0 unspecified atom stereocenters. The molecule has 0 saturated heterocycles. The fraction of sp³-hybridized carbons (Fsp3) is 0.316. The van der Waals surface area contributed by atoms with Crippen LogP contribution in [0.2, 0.25) is 0 Å². The lowest BCUT2D eigenvalue weighted by Gasteiger charge is -2.07. The molecule has 122 valence electrons. The predicted molar refractivity (Wildman–Crippen MR) is 90.7 cm³/mol. The molecular weight excluding hydrogens is 291 g/mol. The van der Waals surface area contributed by atoms with Crippen LogP contribution in [0.25, 0.3) is 0 Å². The number of hydrogen-bond donors (Lipinski definition) is 2. The first-order valence-corrected chi connectivity index (χ1v) is 8.00.